The van der Waals surface area contributed by atoms with Crippen LogP contribution >= 0.6 is 0 Å². The number of carbonyl (C=O) groups excluding carboxylic acids is 1. The molecule has 4 rings (SSSR count). The van der Waals surface area contributed by atoms with Crippen LogP contribution in [0.4, 0.5) is 35.0 Å². The largest absolute Gasteiger partial charge is 0.371 e. The minimum atomic E-state index is -3.11. The third kappa shape index (κ3) is 7.85. The van der Waals surface area contributed by atoms with Gasteiger partial charge in [0.05, 0.1) is 24.0 Å². The second-order valence-electron chi connectivity index (χ2n) is 8.78. The quantitative estimate of drug-likeness (QED) is 0.285. The van der Waals surface area contributed by atoms with Gasteiger partial charge in [0.1, 0.15) is 24.1 Å². The Morgan fingerprint density at radius 1 is 1.25 bits per heavy atom. The number of fused-ring (bicyclic) bond motifs is 1. The fourth-order valence-electron chi connectivity index (χ4n) is 3.93. The van der Waals surface area contributed by atoms with Crippen LogP contribution in [-0.4, -0.2) is 82.4 Å². The summed E-state index contributed by atoms with van der Waals surface area (Å²) in [4.78, 5) is 21.7. The number of carbonyl (C=O) groups is 1. The number of hydrogen-bond acceptors (Lipinski definition) is 8. The number of anilines is 2. The van der Waals surface area contributed by atoms with Crippen molar-refractivity contribution < 1.29 is 22.4 Å². The van der Waals surface area contributed by atoms with Crippen LogP contribution < -0.4 is 10.6 Å². The van der Waals surface area contributed by atoms with Crippen molar-refractivity contribution in [3.63, 3.8) is 0 Å². The number of pyridine rings is 1. The second kappa shape index (κ2) is 14.5. The summed E-state index contributed by atoms with van der Waals surface area (Å²) in [6.45, 7) is 7.08. The highest BCUT2D eigenvalue weighted by atomic mass is 19.3. The van der Waals surface area contributed by atoms with E-state index in [1.807, 2.05) is 39.0 Å². The maximum atomic E-state index is 14.7. The number of nitrogens with one attached hydrogen (secondary N) is 2. The van der Waals surface area contributed by atoms with E-state index in [-0.39, 0.29) is 24.8 Å². The van der Waals surface area contributed by atoms with Gasteiger partial charge in [-0.05, 0) is 38.5 Å². The lowest BCUT2D eigenvalue weighted by Gasteiger charge is -2.38. The summed E-state index contributed by atoms with van der Waals surface area (Å²) in [6.07, 6.45) is 0.533. The Balaban J connectivity index is 0.000000722. The molecule has 10 nitrogen and oxygen atoms in total. The van der Waals surface area contributed by atoms with Crippen LogP contribution in [0.15, 0.2) is 34.6 Å². The first-order chi connectivity index (χ1) is 19.0. The van der Waals surface area contributed by atoms with Crippen LogP contribution in [0.25, 0.3) is 16.8 Å². The second-order valence-corrected chi connectivity index (χ2v) is 8.78. The number of alkyl halides is 4. The van der Waals surface area contributed by atoms with Crippen molar-refractivity contribution in [3.05, 3.63) is 30.1 Å². The molecule has 220 valence electrons. The maximum Gasteiger partial charge on any atom is 0.285 e. The van der Waals surface area contributed by atoms with Crippen LogP contribution in [-0.2, 0) is 4.79 Å². The van der Waals surface area contributed by atoms with E-state index >= 15 is 0 Å². The van der Waals surface area contributed by atoms with Crippen molar-refractivity contribution in [2.45, 2.75) is 59.2 Å². The van der Waals surface area contributed by atoms with Gasteiger partial charge >= 0.3 is 0 Å². The zero-order chi connectivity index (χ0) is 30.0. The predicted molar refractivity (Wildman–Crippen MR) is 148 cm³/mol. The van der Waals surface area contributed by atoms with E-state index in [0.717, 1.165) is 16.2 Å². The Kier molecular flexibility index (Phi) is 11.7. The third-order valence-corrected chi connectivity index (χ3v) is 5.85. The summed E-state index contributed by atoms with van der Waals surface area (Å²) in [5, 5.41) is 18.0. The number of nitrogens with zero attached hydrogens (tertiary/aromatic N) is 7. The van der Waals surface area contributed by atoms with Crippen molar-refractivity contribution in [2.75, 3.05) is 44.5 Å². The Labute approximate surface area is 231 Å². The zero-order valence-electron chi connectivity index (χ0n) is 23.8. The molecule has 1 saturated heterocycles. The highest BCUT2D eigenvalue weighted by molar-refractivity contribution is 5.87. The van der Waals surface area contributed by atoms with Gasteiger partial charge in [-0.1, -0.05) is 13.8 Å². The first-order valence-corrected chi connectivity index (χ1v) is 13.0. The number of likely N-dealkylation sites (tertiary alicyclic amines) is 1. The third-order valence-electron chi connectivity index (χ3n) is 5.85. The van der Waals surface area contributed by atoms with E-state index in [1.54, 1.807) is 24.8 Å². The highest BCUT2D eigenvalue weighted by Gasteiger charge is 2.45. The van der Waals surface area contributed by atoms with E-state index < -0.39 is 31.4 Å². The number of amides is 1. The van der Waals surface area contributed by atoms with Gasteiger partial charge in [-0.2, -0.15) is 15.2 Å². The maximum absolute atomic E-state index is 14.7. The Morgan fingerprint density at radius 3 is 2.45 bits per heavy atom. The van der Waals surface area contributed by atoms with E-state index in [0.29, 0.717) is 22.7 Å². The molecular weight excluding hydrogens is 530 g/mol. The minimum absolute atomic E-state index is 0.0674. The summed E-state index contributed by atoms with van der Waals surface area (Å²) in [5.74, 6) is -2.94. The Morgan fingerprint density at radius 2 is 1.93 bits per heavy atom. The molecule has 2 unspecified atom stereocenters. The van der Waals surface area contributed by atoms with Crippen molar-refractivity contribution in [2.24, 2.45) is 10.2 Å². The van der Waals surface area contributed by atoms with Crippen LogP contribution in [0.5, 0.6) is 0 Å². The highest BCUT2D eigenvalue weighted by Crippen LogP contribution is 2.33. The van der Waals surface area contributed by atoms with Gasteiger partial charge in [-0.3, -0.25) is 9.78 Å². The lowest BCUT2D eigenvalue weighted by molar-refractivity contribution is -0.140. The predicted octanol–water partition coefficient (Wildman–Crippen LogP) is 5.86. The molecule has 0 spiro atoms. The average Bonchev–Trinajstić information content (AvgIpc) is 3.36. The smallest absolute Gasteiger partial charge is 0.285 e. The van der Waals surface area contributed by atoms with Gasteiger partial charge in [0.15, 0.2) is 5.82 Å². The molecule has 0 aromatic carbocycles. The van der Waals surface area contributed by atoms with Gasteiger partial charge < -0.3 is 15.5 Å². The van der Waals surface area contributed by atoms with Gasteiger partial charge in [0.2, 0.25) is 11.9 Å². The Hall–Kier alpha value is -3.84. The van der Waals surface area contributed by atoms with Crippen LogP contribution in [0.2, 0.25) is 0 Å². The molecule has 0 saturated carbocycles. The molecule has 1 aliphatic heterocycles. The van der Waals surface area contributed by atoms with Gasteiger partial charge in [0.25, 0.3) is 5.92 Å². The number of aryl methyl sites for hydroxylation is 1. The molecule has 0 aliphatic carbocycles. The molecule has 2 N–H and O–H groups in total. The number of aromatic nitrogens is 4. The molecule has 3 aromatic heterocycles. The number of hydrogen-bond donors (Lipinski definition) is 2. The van der Waals surface area contributed by atoms with E-state index in [1.165, 1.54) is 13.8 Å². The topological polar surface area (TPSA) is 112 Å². The molecule has 3 aromatic rings. The summed E-state index contributed by atoms with van der Waals surface area (Å²) in [6, 6.07) is 4.33. The van der Waals surface area contributed by atoms with Crippen molar-refractivity contribution in [3.8, 4) is 11.3 Å². The molecule has 40 heavy (non-hydrogen) atoms. The molecule has 1 aliphatic rings. The minimum Gasteiger partial charge on any atom is -0.371 e. The summed E-state index contributed by atoms with van der Waals surface area (Å²) in [7, 11) is 3.30. The molecule has 1 amide bonds. The normalized spacial score (nSPS) is 17.0. The number of piperidine rings is 1. The fraction of sp³-hybridized carbons (Fsp3) is 0.538. The zero-order valence-corrected chi connectivity index (χ0v) is 23.8. The summed E-state index contributed by atoms with van der Waals surface area (Å²) < 4.78 is 52.7. The average molecular weight is 568 g/mol. The van der Waals surface area contributed by atoms with E-state index in [9.17, 15) is 22.4 Å². The summed E-state index contributed by atoms with van der Waals surface area (Å²) >= 11 is 0. The standard InChI is InChI=1S/C21H25F2N9O.C3H6F2.C2H6/c1-12-15(29-25-4)5-6-16(26-12)14-7-10-32-18(14)19(24-3)28-20(30-32)27-17-8-9-31(13(2)33)11-21(17,22)23;1-3(5)2-4;1-2/h5-7,10,17H,8-9,11H2,1-4H3,(H2,24,27,28,30);3H,2H2,1H3;1-2H3. The van der Waals surface area contributed by atoms with Crippen LogP contribution in [0, 0.1) is 6.92 Å². The van der Waals surface area contributed by atoms with Crippen LogP contribution in [0.1, 0.15) is 39.8 Å². The number of halogens is 4. The number of rotatable bonds is 6. The molecule has 0 radical (unpaired) electrons. The molecule has 1 fully saturated rings. The van der Waals surface area contributed by atoms with Crippen molar-refractivity contribution in [1.82, 2.24) is 24.5 Å². The fourth-order valence-corrected chi connectivity index (χ4v) is 3.93. The molecular formula is C26H37F4N9O. The van der Waals surface area contributed by atoms with E-state index in [4.69, 9.17) is 0 Å². The summed E-state index contributed by atoms with van der Waals surface area (Å²) in [5.41, 5.74) is 3.56. The van der Waals surface area contributed by atoms with Crippen molar-refractivity contribution in [1.29, 1.82) is 0 Å². The molecule has 0 bridgehead atoms. The van der Waals surface area contributed by atoms with Gasteiger partial charge in [0, 0.05) is 39.3 Å². The first-order valence-electron chi connectivity index (χ1n) is 13.0. The van der Waals surface area contributed by atoms with Gasteiger partial charge in [-0.25, -0.2) is 22.1 Å². The lowest BCUT2D eigenvalue weighted by atomic mass is 10.0. The monoisotopic (exact) mass is 567 g/mol. The molecule has 4 heterocycles. The van der Waals surface area contributed by atoms with Crippen LogP contribution in [0.3, 0.4) is 0 Å². The number of azo groups is 1. The first kappa shape index (κ1) is 32.4. The Bertz CT molecular complexity index is 1300. The van der Waals surface area contributed by atoms with E-state index in [2.05, 4.69) is 35.9 Å². The van der Waals surface area contributed by atoms with Crippen molar-refractivity contribution >= 4 is 28.9 Å². The lowest BCUT2D eigenvalue weighted by Crippen LogP contribution is -2.55. The SMILES string of the molecule is CC.CC(F)CF.CN=Nc1ccc(-c2ccn3nc(NC4CCN(C(C)=O)CC4(F)F)nc(NC)c23)nc1C. The molecule has 14 heteroatoms. The molecule has 2 atom stereocenters. The van der Waals surface area contributed by atoms with Gasteiger partial charge in [-0.15, -0.1) is 5.10 Å².